The average molecular weight is 383 g/mol. The summed E-state index contributed by atoms with van der Waals surface area (Å²) in [6, 6.07) is 11.2. The number of aromatic nitrogens is 1. The summed E-state index contributed by atoms with van der Waals surface area (Å²) in [5, 5.41) is 4.66. The van der Waals surface area contributed by atoms with Gasteiger partial charge in [0.1, 0.15) is 17.6 Å². The Hall–Kier alpha value is -2.79. The number of nitrogens with zero attached hydrogens (tertiary/aromatic N) is 2. The van der Waals surface area contributed by atoms with Crippen LogP contribution in [0.15, 0.2) is 52.0 Å². The van der Waals surface area contributed by atoms with Crippen molar-refractivity contribution in [1.29, 1.82) is 0 Å². The maximum atomic E-state index is 14.1. The minimum absolute atomic E-state index is 0.0173. The minimum atomic E-state index is -0.528. The molecule has 0 radical (unpaired) electrons. The Balaban J connectivity index is 2.02. The highest BCUT2D eigenvalue weighted by molar-refractivity contribution is 6.30. The molecule has 2 aromatic carbocycles. The highest BCUT2D eigenvalue weighted by Gasteiger charge is 2.31. The van der Waals surface area contributed by atoms with E-state index in [2.05, 4.69) is 5.16 Å². The predicted molar refractivity (Wildman–Crippen MR) is 102 cm³/mol. The van der Waals surface area contributed by atoms with E-state index in [4.69, 9.17) is 21.1 Å². The molecule has 0 saturated carbocycles. The Bertz CT molecular complexity index is 1070. The zero-order valence-corrected chi connectivity index (χ0v) is 15.5. The number of fused-ring (bicyclic) bond motifs is 3. The van der Waals surface area contributed by atoms with Gasteiger partial charge in [-0.25, -0.2) is 4.39 Å². The number of Topliss-reactive ketones (excluding diaryl/α,β-unsaturated/α-hetero) is 1. The molecule has 3 aromatic rings. The van der Waals surface area contributed by atoms with E-state index < -0.39 is 6.04 Å². The average Bonchev–Trinajstić information content (AvgIpc) is 2.94. The molecule has 0 saturated heterocycles. The van der Waals surface area contributed by atoms with Crippen molar-refractivity contribution in [2.45, 2.75) is 26.3 Å². The lowest BCUT2D eigenvalue weighted by Gasteiger charge is -2.12. The van der Waals surface area contributed by atoms with Crippen LogP contribution in [0.5, 0.6) is 0 Å². The van der Waals surface area contributed by atoms with Gasteiger partial charge in [-0.1, -0.05) is 35.0 Å². The first-order valence-corrected chi connectivity index (χ1v) is 8.91. The lowest BCUT2D eigenvalue weighted by molar-refractivity contribution is -0.117. The molecule has 0 aliphatic carbocycles. The van der Waals surface area contributed by atoms with Crippen LogP contribution in [0.4, 0.5) is 4.39 Å². The third-order valence-electron chi connectivity index (χ3n) is 4.58. The molecule has 0 amide bonds. The second-order valence-corrected chi connectivity index (χ2v) is 7.04. The van der Waals surface area contributed by atoms with Gasteiger partial charge in [-0.3, -0.25) is 9.79 Å². The number of aryl methyl sites for hydroxylation is 1. The Kier molecular flexibility index (Phi) is 4.40. The number of hydrogen-bond donors (Lipinski definition) is 0. The van der Waals surface area contributed by atoms with Gasteiger partial charge in [0, 0.05) is 22.6 Å². The highest BCUT2D eigenvalue weighted by atomic mass is 35.5. The third kappa shape index (κ3) is 3.19. The summed E-state index contributed by atoms with van der Waals surface area (Å²) in [7, 11) is 0. The number of aliphatic imine (C=N–C) groups is 1. The van der Waals surface area contributed by atoms with Gasteiger partial charge in [-0.05, 0) is 43.7 Å². The first kappa shape index (κ1) is 17.6. The molecular formula is C21H16ClFN2O2. The lowest BCUT2D eigenvalue weighted by atomic mass is 9.92. The molecule has 1 aliphatic heterocycles. The van der Waals surface area contributed by atoms with Crippen LogP contribution >= 0.6 is 11.6 Å². The summed E-state index contributed by atoms with van der Waals surface area (Å²) >= 11 is 6.01. The van der Waals surface area contributed by atoms with Crippen LogP contribution in [0.25, 0.3) is 11.1 Å². The lowest BCUT2D eigenvalue weighted by Crippen LogP contribution is -2.08. The standard InChI is InChI=1S/C21H16ClFN2O2/c1-11(26)9-18-21-19(12(2)25-27-21)16-8-7-15(23)10-17(16)20(24-18)13-3-5-14(22)6-4-13/h3-8,10,18H,9H2,1-2H3/t18-/m0/s1. The van der Waals surface area contributed by atoms with Crippen molar-refractivity contribution in [1.82, 2.24) is 5.16 Å². The van der Waals surface area contributed by atoms with Crippen LogP contribution in [0, 0.1) is 12.7 Å². The molecule has 0 bridgehead atoms. The first-order valence-electron chi connectivity index (χ1n) is 8.53. The van der Waals surface area contributed by atoms with E-state index in [9.17, 15) is 9.18 Å². The number of carbonyl (C=O) groups is 1. The smallest absolute Gasteiger partial charge is 0.169 e. The summed E-state index contributed by atoms with van der Waals surface area (Å²) in [6.45, 7) is 3.34. The fourth-order valence-electron chi connectivity index (χ4n) is 3.41. The molecule has 0 unspecified atom stereocenters. The van der Waals surface area contributed by atoms with E-state index >= 15 is 0 Å². The molecular weight excluding hydrogens is 367 g/mol. The summed E-state index contributed by atoms with van der Waals surface area (Å²) in [5.74, 6) is 0.145. The van der Waals surface area contributed by atoms with E-state index in [-0.39, 0.29) is 18.0 Å². The third-order valence-corrected chi connectivity index (χ3v) is 4.83. The Morgan fingerprint density at radius 1 is 1.19 bits per heavy atom. The van der Waals surface area contributed by atoms with Crippen LogP contribution in [-0.2, 0) is 4.79 Å². The fourth-order valence-corrected chi connectivity index (χ4v) is 3.53. The molecule has 1 atom stereocenters. The number of benzene rings is 2. The molecule has 0 N–H and O–H groups in total. The van der Waals surface area contributed by atoms with E-state index in [1.54, 1.807) is 18.2 Å². The number of carbonyl (C=O) groups excluding carboxylic acids is 1. The van der Waals surface area contributed by atoms with Crippen molar-refractivity contribution < 1.29 is 13.7 Å². The van der Waals surface area contributed by atoms with Gasteiger partial charge in [0.25, 0.3) is 0 Å². The van der Waals surface area contributed by atoms with Gasteiger partial charge in [-0.2, -0.15) is 0 Å². The second-order valence-electron chi connectivity index (χ2n) is 6.60. The highest BCUT2D eigenvalue weighted by Crippen LogP contribution is 2.41. The van der Waals surface area contributed by atoms with Gasteiger partial charge in [0.05, 0.1) is 17.0 Å². The van der Waals surface area contributed by atoms with Crippen LogP contribution in [0.2, 0.25) is 5.02 Å². The van der Waals surface area contributed by atoms with Crippen molar-refractivity contribution in [2.24, 2.45) is 4.99 Å². The molecule has 4 nitrogen and oxygen atoms in total. The van der Waals surface area contributed by atoms with E-state index in [0.29, 0.717) is 27.8 Å². The molecule has 1 aromatic heterocycles. The predicted octanol–water partition coefficient (Wildman–Crippen LogP) is 5.31. The maximum Gasteiger partial charge on any atom is 0.169 e. The Morgan fingerprint density at radius 3 is 2.63 bits per heavy atom. The second kappa shape index (κ2) is 6.74. The SMILES string of the molecule is CC(=O)C[C@@H]1N=C(c2ccc(Cl)cc2)c2cc(F)ccc2-c2c(C)noc21. The summed E-state index contributed by atoms with van der Waals surface area (Å²) < 4.78 is 19.7. The number of ketones is 1. The topological polar surface area (TPSA) is 55.5 Å². The van der Waals surface area contributed by atoms with Gasteiger partial charge >= 0.3 is 0 Å². The number of halogens is 2. The fraction of sp³-hybridized carbons (Fsp3) is 0.190. The number of rotatable bonds is 3. The Morgan fingerprint density at radius 2 is 1.93 bits per heavy atom. The minimum Gasteiger partial charge on any atom is -0.358 e. The van der Waals surface area contributed by atoms with Crippen molar-refractivity contribution in [3.63, 3.8) is 0 Å². The molecule has 0 fully saturated rings. The summed E-state index contributed by atoms with van der Waals surface area (Å²) in [5.41, 5.74) is 4.25. The van der Waals surface area contributed by atoms with Gasteiger partial charge < -0.3 is 4.52 Å². The molecule has 4 rings (SSSR count). The van der Waals surface area contributed by atoms with Crippen LogP contribution < -0.4 is 0 Å². The number of hydrogen-bond acceptors (Lipinski definition) is 4. The van der Waals surface area contributed by atoms with Crippen LogP contribution in [0.1, 0.15) is 42.0 Å². The quantitative estimate of drug-likeness (QED) is 0.616. The van der Waals surface area contributed by atoms with Crippen molar-refractivity contribution in [3.05, 3.63) is 75.9 Å². The molecule has 6 heteroatoms. The van der Waals surface area contributed by atoms with E-state index in [1.807, 2.05) is 19.1 Å². The van der Waals surface area contributed by atoms with Gasteiger partial charge in [0.2, 0.25) is 0 Å². The molecule has 136 valence electrons. The normalized spacial score (nSPS) is 15.6. The monoisotopic (exact) mass is 382 g/mol. The van der Waals surface area contributed by atoms with Crippen LogP contribution in [-0.4, -0.2) is 16.7 Å². The maximum absolute atomic E-state index is 14.1. The van der Waals surface area contributed by atoms with Crippen LogP contribution in [0.3, 0.4) is 0 Å². The van der Waals surface area contributed by atoms with Gasteiger partial charge in [0.15, 0.2) is 5.76 Å². The molecule has 27 heavy (non-hydrogen) atoms. The zero-order chi connectivity index (χ0) is 19.1. The zero-order valence-electron chi connectivity index (χ0n) is 14.8. The first-order chi connectivity index (χ1) is 12.9. The molecule has 0 spiro atoms. The summed E-state index contributed by atoms with van der Waals surface area (Å²) in [6.07, 6.45) is 0.176. The van der Waals surface area contributed by atoms with Crippen molar-refractivity contribution >= 4 is 23.1 Å². The van der Waals surface area contributed by atoms with Gasteiger partial charge in [-0.15, -0.1) is 0 Å². The van der Waals surface area contributed by atoms with Crippen molar-refractivity contribution in [2.75, 3.05) is 0 Å². The van der Waals surface area contributed by atoms with E-state index in [1.165, 1.54) is 19.1 Å². The van der Waals surface area contributed by atoms with E-state index in [0.717, 1.165) is 16.7 Å². The Labute approximate surface area is 160 Å². The molecule has 2 heterocycles. The largest absolute Gasteiger partial charge is 0.358 e. The van der Waals surface area contributed by atoms with Crippen molar-refractivity contribution in [3.8, 4) is 11.1 Å². The summed E-state index contributed by atoms with van der Waals surface area (Å²) in [4.78, 5) is 16.7. The molecule has 1 aliphatic rings.